The van der Waals surface area contributed by atoms with Crippen LogP contribution in [0.15, 0.2) is 24.3 Å². The number of hydrogen-bond acceptors (Lipinski definition) is 2. The SMILES string of the molecule is CCC1CCCN1C(CN)c1ccc(C2CC2)cc1. The Morgan fingerprint density at radius 3 is 2.53 bits per heavy atom. The van der Waals surface area contributed by atoms with Crippen molar-refractivity contribution >= 4 is 0 Å². The van der Waals surface area contributed by atoms with Gasteiger partial charge in [0.05, 0.1) is 0 Å². The van der Waals surface area contributed by atoms with Crippen molar-refractivity contribution < 1.29 is 0 Å². The number of rotatable bonds is 5. The molecule has 0 aromatic heterocycles. The van der Waals surface area contributed by atoms with Gasteiger partial charge in [-0.3, -0.25) is 4.90 Å². The number of nitrogens with two attached hydrogens (primary N) is 1. The normalized spacial score (nSPS) is 25.7. The minimum absolute atomic E-state index is 0.417. The van der Waals surface area contributed by atoms with Crippen molar-refractivity contribution in [2.24, 2.45) is 5.73 Å². The minimum Gasteiger partial charge on any atom is -0.329 e. The highest BCUT2D eigenvalue weighted by atomic mass is 15.2. The second-order valence-electron chi connectivity index (χ2n) is 6.13. The van der Waals surface area contributed by atoms with Crippen molar-refractivity contribution in [2.45, 2.75) is 57.0 Å². The summed E-state index contributed by atoms with van der Waals surface area (Å²) in [6.45, 7) is 4.25. The average molecular weight is 258 g/mol. The first-order valence-electron chi connectivity index (χ1n) is 7.89. The van der Waals surface area contributed by atoms with Gasteiger partial charge in [0.15, 0.2) is 0 Å². The van der Waals surface area contributed by atoms with Gasteiger partial charge in [0.25, 0.3) is 0 Å². The molecule has 2 atom stereocenters. The third-order valence-electron chi connectivity index (χ3n) is 4.89. The van der Waals surface area contributed by atoms with Gasteiger partial charge in [-0.05, 0) is 55.7 Å². The van der Waals surface area contributed by atoms with Crippen molar-refractivity contribution in [1.29, 1.82) is 0 Å². The molecular weight excluding hydrogens is 232 g/mol. The molecule has 1 aliphatic heterocycles. The van der Waals surface area contributed by atoms with E-state index in [1.165, 1.54) is 49.8 Å². The molecule has 1 saturated heterocycles. The van der Waals surface area contributed by atoms with Crippen LogP contribution in [0.3, 0.4) is 0 Å². The van der Waals surface area contributed by atoms with Crippen LogP contribution in [0.5, 0.6) is 0 Å². The largest absolute Gasteiger partial charge is 0.329 e. The summed E-state index contributed by atoms with van der Waals surface area (Å²) in [6.07, 6.45) is 6.67. The highest BCUT2D eigenvalue weighted by molar-refractivity contribution is 5.30. The van der Waals surface area contributed by atoms with Crippen molar-refractivity contribution in [3.05, 3.63) is 35.4 Å². The summed E-state index contributed by atoms with van der Waals surface area (Å²) < 4.78 is 0. The van der Waals surface area contributed by atoms with Gasteiger partial charge in [-0.25, -0.2) is 0 Å². The molecule has 2 nitrogen and oxygen atoms in total. The zero-order valence-electron chi connectivity index (χ0n) is 12.0. The van der Waals surface area contributed by atoms with Gasteiger partial charge < -0.3 is 5.73 Å². The quantitative estimate of drug-likeness (QED) is 0.876. The van der Waals surface area contributed by atoms with Crippen LogP contribution in [0.4, 0.5) is 0 Å². The lowest BCUT2D eigenvalue weighted by Crippen LogP contribution is -2.37. The molecule has 104 valence electrons. The lowest BCUT2D eigenvalue weighted by Gasteiger charge is -2.32. The third kappa shape index (κ3) is 2.70. The zero-order chi connectivity index (χ0) is 13.2. The molecule has 2 fully saturated rings. The molecular formula is C17H26N2. The molecule has 1 heterocycles. The van der Waals surface area contributed by atoms with Crippen LogP contribution in [-0.4, -0.2) is 24.0 Å². The van der Waals surface area contributed by atoms with Gasteiger partial charge in [0.2, 0.25) is 0 Å². The lowest BCUT2D eigenvalue weighted by atomic mass is 10.0. The molecule has 2 heteroatoms. The van der Waals surface area contributed by atoms with Crippen LogP contribution in [-0.2, 0) is 0 Å². The van der Waals surface area contributed by atoms with Crippen molar-refractivity contribution in [3.8, 4) is 0 Å². The molecule has 3 rings (SSSR count). The summed E-state index contributed by atoms with van der Waals surface area (Å²) in [5, 5.41) is 0. The predicted octanol–water partition coefficient (Wildman–Crippen LogP) is 3.44. The average Bonchev–Trinajstić information content (AvgIpc) is 3.20. The van der Waals surface area contributed by atoms with Crippen molar-refractivity contribution in [2.75, 3.05) is 13.1 Å². The number of nitrogens with zero attached hydrogens (tertiary/aromatic N) is 1. The van der Waals surface area contributed by atoms with Gasteiger partial charge in [-0.15, -0.1) is 0 Å². The number of benzene rings is 1. The molecule has 19 heavy (non-hydrogen) atoms. The smallest absolute Gasteiger partial charge is 0.0473 e. The molecule has 2 N–H and O–H groups in total. The fourth-order valence-electron chi connectivity index (χ4n) is 3.58. The molecule has 1 aromatic carbocycles. The summed E-state index contributed by atoms with van der Waals surface area (Å²) in [4.78, 5) is 2.63. The Morgan fingerprint density at radius 2 is 1.95 bits per heavy atom. The third-order valence-corrected chi connectivity index (χ3v) is 4.89. The van der Waals surface area contributed by atoms with Crippen LogP contribution < -0.4 is 5.73 Å². The first-order chi connectivity index (χ1) is 9.33. The second-order valence-corrected chi connectivity index (χ2v) is 6.13. The Labute approximate surface area is 117 Å². The van der Waals surface area contributed by atoms with Gasteiger partial charge in [0, 0.05) is 18.6 Å². The van der Waals surface area contributed by atoms with E-state index in [-0.39, 0.29) is 0 Å². The molecule has 1 saturated carbocycles. The summed E-state index contributed by atoms with van der Waals surface area (Å²) >= 11 is 0. The predicted molar refractivity (Wildman–Crippen MR) is 80.2 cm³/mol. The zero-order valence-corrected chi connectivity index (χ0v) is 12.0. The molecule has 2 aliphatic rings. The van der Waals surface area contributed by atoms with Gasteiger partial charge >= 0.3 is 0 Å². The van der Waals surface area contributed by atoms with Crippen LogP contribution in [0.2, 0.25) is 0 Å². The fraction of sp³-hybridized carbons (Fsp3) is 0.647. The molecule has 1 aromatic rings. The Balaban J connectivity index is 1.76. The van der Waals surface area contributed by atoms with E-state index in [0.717, 1.165) is 18.5 Å². The van der Waals surface area contributed by atoms with Crippen LogP contribution in [0, 0.1) is 0 Å². The molecule has 1 aliphatic carbocycles. The summed E-state index contributed by atoms with van der Waals surface area (Å²) in [5.41, 5.74) is 9.00. The second kappa shape index (κ2) is 5.64. The highest BCUT2D eigenvalue weighted by Gasteiger charge is 2.30. The van der Waals surface area contributed by atoms with Crippen molar-refractivity contribution in [1.82, 2.24) is 4.90 Å². The molecule has 0 radical (unpaired) electrons. The van der Waals surface area contributed by atoms with E-state index in [1.54, 1.807) is 0 Å². The van der Waals surface area contributed by atoms with Gasteiger partial charge in [-0.1, -0.05) is 31.2 Å². The molecule has 0 spiro atoms. The van der Waals surface area contributed by atoms with E-state index in [0.29, 0.717) is 6.04 Å². The lowest BCUT2D eigenvalue weighted by molar-refractivity contribution is 0.180. The van der Waals surface area contributed by atoms with Crippen LogP contribution in [0.25, 0.3) is 0 Å². The summed E-state index contributed by atoms with van der Waals surface area (Å²) in [5.74, 6) is 0.848. The first kappa shape index (κ1) is 13.1. The van der Waals surface area contributed by atoms with Crippen LogP contribution >= 0.6 is 0 Å². The van der Waals surface area contributed by atoms with E-state index in [9.17, 15) is 0 Å². The summed E-state index contributed by atoms with van der Waals surface area (Å²) in [7, 11) is 0. The highest BCUT2D eigenvalue weighted by Crippen LogP contribution is 2.40. The topological polar surface area (TPSA) is 29.3 Å². The monoisotopic (exact) mass is 258 g/mol. The van der Waals surface area contributed by atoms with E-state index in [2.05, 4.69) is 36.1 Å². The molecule has 2 unspecified atom stereocenters. The standard InChI is InChI=1S/C17H26N2/c1-2-16-4-3-11-19(16)17(12-18)15-9-7-14(8-10-15)13-5-6-13/h7-10,13,16-17H,2-6,11-12,18H2,1H3. The Kier molecular flexibility index (Phi) is 3.90. The summed E-state index contributed by atoms with van der Waals surface area (Å²) in [6, 6.07) is 10.4. The van der Waals surface area contributed by atoms with Gasteiger partial charge in [0.1, 0.15) is 0 Å². The van der Waals surface area contributed by atoms with Crippen LogP contribution in [0.1, 0.15) is 62.1 Å². The fourth-order valence-corrected chi connectivity index (χ4v) is 3.58. The number of hydrogen-bond donors (Lipinski definition) is 1. The Hall–Kier alpha value is -0.860. The van der Waals surface area contributed by atoms with Crippen molar-refractivity contribution in [3.63, 3.8) is 0 Å². The van der Waals surface area contributed by atoms with Gasteiger partial charge in [-0.2, -0.15) is 0 Å². The Bertz CT molecular complexity index is 408. The van der Waals surface area contributed by atoms with E-state index >= 15 is 0 Å². The van der Waals surface area contributed by atoms with E-state index < -0.39 is 0 Å². The molecule has 0 bridgehead atoms. The maximum atomic E-state index is 6.07. The van der Waals surface area contributed by atoms with E-state index in [4.69, 9.17) is 5.73 Å². The van der Waals surface area contributed by atoms with E-state index in [1.807, 2.05) is 0 Å². The molecule has 0 amide bonds. The number of likely N-dealkylation sites (tertiary alicyclic amines) is 1. The minimum atomic E-state index is 0.417. The Morgan fingerprint density at radius 1 is 1.21 bits per heavy atom. The first-order valence-corrected chi connectivity index (χ1v) is 7.89. The maximum absolute atomic E-state index is 6.07. The maximum Gasteiger partial charge on any atom is 0.0473 e.